The maximum Gasteiger partial charge on any atom is 0.287 e. The summed E-state index contributed by atoms with van der Waals surface area (Å²) in [5.41, 5.74) is 3.05. The monoisotopic (exact) mass is 298 g/mol. The van der Waals surface area contributed by atoms with Crippen LogP contribution in [0.4, 0.5) is 0 Å². The van der Waals surface area contributed by atoms with E-state index < -0.39 is 0 Å². The first-order valence-electron chi connectivity index (χ1n) is 7.15. The summed E-state index contributed by atoms with van der Waals surface area (Å²) < 4.78 is 10.4. The fourth-order valence-electron chi connectivity index (χ4n) is 2.49. The van der Waals surface area contributed by atoms with Crippen LogP contribution >= 0.6 is 0 Å². The SMILES string of the molecule is COc1ccc2[nH]cc(CCNC(=O)c3occc3C)c2c1. The Labute approximate surface area is 128 Å². The van der Waals surface area contributed by atoms with Crippen molar-refractivity contribution in [2.24, 2.45) is 0 Å². The summed E-state index contributed by atoms with van der Waals surface area (Å²) in [4.78, 5) is 15.2. The van der Waals surface area contributed by atoms with Crippen LogP contribution in [0.5, 0.6) is 5.75 Å². The molecule has 5 nitrogen and oxygen atoms in total. The summed E-state index contributed by atoms with van der Waals surface area (Å²) >= 11 is 0. The number of aryl methyl sites for hydroxylation is 1. The van der Waals surface area contributed by atoms with Crippen molar-refractivity contribution in [2.75, 3.05) is 13.7 Å². The lowest BCUT2D eigenvalue weighted by Gasteiger charge is -2.04. The Kier molecular flexibility index (Phi) is 3.87. The van der Waals surface area contributed by atoms with Gasteiger partial charge in [-0.1, -0.05) is 0 Å². The number of carbonyl (C=O) groups is 1. The molecule has 0 fully saturated rings. The van der Waals surface area contributed by atoms with Crippen molar-refractivity contribution in [2.45, 2.75) is 13.3 Å². The van der Waals surface area contributed by atoms with Gasteiger partial charge in [0.15, 0.2) is 5.76 Å². The van der Waals surface area contributed by atoms with E-state index in [0.717, 1.165) is 34.2 Å². The van der Waals surface area contributed by atoms with Crippen LogP contribution in [0.2, 0.25) is 0 Å². The number of benzene rings is 1. The summed E-state index contributed by atoms with van der Waals surface area (Å²) in [6.45, 7) is 2.40. The predicted octanol–water partition coefficient (Wildman–Crippen LogP) is 3.05. The molecule has 0 radical (unpaired) electrons. The van der Waals surface area contributed by atoms with Gasteiger partial charge in [0.2, 0.25) is 0 Å². The van der Waals surface area contributed by atoms with Crippen molar-refractivity contribution < 1.29 is 13.9 Å². The fraction of sp³-hybridized carbons (Fsp3) is 0.235. The fourth-order valence-corrected chi connectivity index (χ4v) is 2.49. The van der Waals surface area contributed by atoms with Gasteiger partial charge in [0.05, 0.1) is 13.4 Å². The maximum absolute atomic E-state index is 12.0. The third kappa shape index (κ3) is 2.70. The molecule has 5 heteroatoms. The van der Waals surface area contributed by atoms with Gasteiger partial charge >= 0.3 is 0 Å². The van der Waals surface area contributed by atoms with Crippen molar-refractivity contribution in [1.82, 2.24) is 10.3 Å². The molecule has 0 atom stereocenters. The second kappa shape index (κ2) is 5.97. The van der Waals surface area contributed by atoms with Gasteiger partial charge in [-0.3, -0.25) is 4.79 Å². The minimum Gasteiger partial charge on any atom is -0.497 e. The average molecular weight is 298 g/mol. The highest BCUT2D eigenvalue weighted by Gasteiger charge is 2.12. The van der Waals surface area contributed by atoms with Gasteiger partial charge in [-0.25, -0.2) is 0 Å². The summed E-state index contributed by atoms with van der Waals surface area (Å²) in [5.74, 6) is 1.02. The molecule has 114 valence electrons. The smallest absolute Gasteiger partial charge is 0.287 e. The van der Waals surface area contributed by atoms with E-state index in [1.807, 2.05) is 31.3 Å². The number of aromatic nitrogens is 1. The van der Waals surface area contributed by atoms with Crippen LogP contribution in [0.1, 0.15) is 21.7 Å². The third-order valence-electron chi connectivity index (χ3n) is 3.72. The van der Waals surface area contributed by atoms with Crippen LogP contribution in [0.3, 0.4) is 0 Å². The van der Waals surface area contributed by atoms with E-state index in [-0.39, 0.29) is 5.91 Å². The minimum absolute atomic E-state index is 0.181. The highest BCUT2D eigenvalue weighted by molar-refractivity contribution is 5.92. The van der Waals surface area contributed by atoms with Gasteiger partial charge < -0.3 is 19.5 Å². The molecule has 1 aromatic carbocycles. The number of furan rings is 1. The molecule has 2 aromatic heterocycles. The number of aromatic amines is 1. The van der Waals surface area contributed by atoms with Gasteiger partial charge in [-0.2, -0.15) is 0 Å². The number of amides is 1. The quantitative estimate of drug-likeness (QED) is 0.760. The molecule has 0 aliphatic rings. The van der Waals surface area contributed by atoms with Crippen LogP contribution in [0.25, 0.3) is 10.9 Å². The second-order valence-electron chi connectivity index (χ2n) is 5.16. The van der Waals surface area contributed by atoms with Crippen LogP contribution in [0.15, 0.2) is 41.1 Å². The van der Waals surface area contributed by atoms with Crippen molar-refractivity contribution in [3.8, 4) is 5.75 Å². The number of H-pyrrole nitrogens is 1. The zero-order valence-electron chi connectivity index (χ0n) is 12.6. The Morgan fingerprint density at radius 1 is 1.36 bits per heavy atom. The average Bonchev–Trinajstić information content (AvgIpc) is 3.13. The number of nitrogens with one attached hydrogen (secondary N) is 2. The van der Waals surface area contributed by atoms with Crippen LogP contribution in [-0.4, -0.2) is 24.5 Å². The summed E-state index contributed by atoms with van der Waals surface area (Å²) in [6, 6.07) is 7.69. The molecular formula is C17H18N2O3. The van der Waals surface area contributed by atoms with Crippen molar-refractivity contribution >= 4 is 16.8 Å². The number of fused-ring (bicyclic) bond motifs is 1. The molecule has 2 N–H and O–H groups in total. The Bertz CT molecular complexity index is 801. The molecule has 3 aromatic rings. The minimum atomic E-state index is -0.181. The Balaban J connectivity index is 1.67. The molecular weight excluding hydrogens is 280 g/mol. The lowest BCUT2D eigenvalue weighted by Crippen LogP contribution is -2.25. The molecule has 3 rings (SSSR count). The topological polar surface area (TPSA) is 67.3 Å². The normalized spacial score (nSPS) is 10.8. The van der Waals surface area contributed by atoms with E-state index in [9.17, 15) is 4.79 Å². The zero-order valence-corrected chi connectivity index (χ0v) is 12.6. The van der Waals surface area contributed by atoms with Gasteiger partial charge in [0.1, 0.15) is 5.75 Å². The highest BCUT2D eigenvalue weighted by Crippen LogP contribution is 2.23. The van der Waals surface area contributed by atoms with Crippen LogP contribution < -0.4 is 10.1 Å². The lowest BCUT2D eigenvalue weighted by molar-refractivity contribution is 0.0925. The van der Waals surface area contributed by atoms with E-state index in [2.05, 4.69) is 10.3 Å². The largest absolute Gasteiger partial charge is 0.497 e. The van der Waals surface area contributed by atoms with Crippen molar-refractivity contribution in [3.05, 3.63) is 53.6 Å². The number of ether oxygens (including phenoxy) is 1. The number of carbonyl (C=O) groups excluding carboxylic acids is 1. The molecule has 0 aliphatic heterocycles. The number of rotatable bonds is 5. The molecule has 0 spiro atoms. The number of hydrogen-bond donors (Lipinski definition) is 2. The van der Waals surface area contributed by atoms with E-state index >= 15 is 0 Å². The number of methoxy groups -OCH3 is 1. The second-order valence-corrected chi connectivity index (χ2v) is 5.16. The Hall–Kier alpha value is -2.69. The van der Waals surface area contributed by atoms with Gasteiger partial charge in [0.25, 0.3) is 5.91 Å². The molecule has 0 bridgehead atoms. The molecule has 1 amide bonds. The van der Waals surface area contributed by atoms with Crippen LogP contribution in [-0.2, 0) is 6.42 Å². The zero-order chi connectivity index (χ0) is 15.5. The highest BCUT2D eigenvalue weighted by atomic mass is 16.5. The summed E-state index contributed by atoms with van der Waals surface area (Å²) in [7, 11) is 1.65. The first kappa shape index (κ1) is 14.3. The molecule has 2 heterocycles. The molecule has 0 saturated heterocycles. The Morgan fingerprint density at radius 3 is 2.95 bits per heavy atom. The molecule has 0 aliphatic carbocycles. The molecule has 22 heavy (non-hydrogen) atoms. The summed E-state index contributed by atoms with van der Waals surface area (Å²) in [5, 5.41) is 3.99. The lowest BCUT2D eigenvalue weighted by atomic mass is 10.1. The van der Waals surface area contributed by atoms with Crippen LogP contribution in [0, 0.1) is 6.92 Å². The third-order valence-corrected chi connectivity index (χ3v) is 3.72. The predicted molar refractivity (Wildman–Crippen MR) is 84.3 cm³/mol. The Morgan fingerprint density at radius 2 is 2.23 bits per heavy atom. The standard InChI is InChI=1S/C17H18N2O3/c1-11-6-8-22-16(11)17(20)18-7-5-12-10-19-15-4-3-13(21-2)9-14(12)15/h3-4,6,8-10,19H,5,7H2,1-2H3,(H,18,20). The van der Waals surface area contributed by atoms with E-state index in [0.29, 0.717) is 12.3 Å². The van der Waals surface area contributed by atoms with Gasteiger partial charge in [0, 0.05) is 29.2 Å². The van der Waals surface area contributed by atoms with E-state index in [1.165, 1.54) is 6.26 Å². The molecule has 0 unspecified atom stereocenters. The van der Waals surface area contributed by atoms with Crippen molar-refractivity contribution in [1.29, 1.82) is 0 Å². The van der Waals surface area contributed by atoms with Gasteiger partial charge in [-0.15, -0.1) is 0 Å². The first-order chi connectivity index (χ1) is 10.7. The van der Waals surface area contributed by atoms with E-state index in [1.54, 1.807) is 13.2 Å². The maximum atomic E-state index is 12.0. The molecule has 0 saturated carbocycles. The number of hydrogen-bond acceptors (Lipinski definition) is 3. The van der Waals surface area contributed by atoms with E-state index in [4.69, 9.17) is 9.15 Å². The van der Waals surface area contributed by atoms with Gasteiger partial charge in [-0.05, 0) is 43.2 Å². The first-order valence-corrected chi connectivity index (χ1v) is 7.15. The summed E-state index contributed by atoms with van der Waals surface area (Å²) in [6.07, 6.45) is 4.23. The van der Waals surface area contributed by atoms with Crippen molar-refractivity contribution in [3.63, 3.8) is 0 Å².